The Labute approximate surface area is 128 Å². The van der Waals surface area contributed by atoms with Gasteiger partial charge < -0.3 is 24.3 Å². The third-order valence-electron chi connectivity index (χ3n) is 3.19. The molecule has 0 rings (SSSR count). The summed E-state index contributed by atoms with van der Waals surface area (Å²) in [4.78, 5) is 0. The van der Waals surface area contributed by atoms with Gasteiger partial charge in [0.1, 0.15) is 5.54 Å². The van der Waals surface area contributed by atoms with Gasteiger partial charge in [-0.2, -0.15) is 5.26 Å². The van der Waals surface area contributed by atoms with Crippen molar-refractivity contribution in [3.8, 4) is 6.07 Å². The maximum absolute atomic E-state index is 9.00. The topological polar surface area (TPSA) is 72.7 Å². The number of methoxy groups -OCH3 is 1. The Balaban J connectivity index is 3.18. The van der Waals surface area contributed by atoms with Crippen molar-refractivity contribution in [2.75, 3.05) is 60.4 Å². The summed E-state index contributed by atoms with van der Waals surface area (Å²) < 4.78 is 21.0. The Morgan fingerprint density at radius 3 is 1.90 bits per heavy atom. The number of ether oxygens (including phenoxy) is 4. The van der Waals surface area contributed by atoms with Gasteiger partial charge in [-0.25, -0.2) is 0 Å². The van der Waals surface area contributed by atoms with E-state index in [1.807, 2.05) is 14.0 Å². The van der Waals surface area contributed by atoms with Crippen LogP contribution in [-0.4, -0.2) is 65.9 Å². The maximum Gasteiger partial charge on any atom is 0.103 e. The molecule has 6 heteroatoms. The lowest BCUT2D eigenvalue weighted by atomic mass is 9.97. The molecule has 0 aromatic rings. The second-order valence-corrected chi connectivity index (χ2v) is 4.98. The van der Waals surface area contributed by atoms with Gasteiger partial charge in [0, 0.05) is 13.7 Å². The molecule has 0 aliphatic rings. The summed E-state index contributed by atoms with van der Waals surface area (Å²) in [6, 6.07) is 2.28. The van der Waals surface area contributed by atoms with Crippen molar-refractivity contribution in [2.45, 2.75) is 31.7 Å². The Morgan fingerprint density at radius 2 is 1.43 bits per heavy atom. The van der Waals surface area contributed by atoms with Gasteiger partial charge in [-0.1, -0.05) is 0 Å². The summed E-state index contributed by atoms with van der Waals surface area (Å²) >= 11 is 0. The van der Waals surface area contributed by atoms with E-state index in [-0.39, 0.29) is 0 Å². The van der Waals surface area contributed by atoms with E-state index in [9.17, 15) is 0 Å². The van der Waals surface area contributed by atoms with Gasteiger partial charge in [0.15, 0.2) is 0 Å². The molecule has 1 unspecified atom stereocenters. The average Bonchev–Trinajstić information content (AvgIpc) is 2.51. The molecule has 1 N–H and O–H groups in total. The molecule has 0 saturated heterocycles. The van der Waals surface area contributed by atoms with E-state index in [1.54, 1.807) is 7.11 Å². The summed E-state index contributed by atoms with van der Waals surface area (Å²) in [5.41, 5.74) is -0.425. The highest BCUT2D eigenvalue weighted by molar-refractivity contribution is 5.02. The summed E-state index contributed by atoms with van der Waals surface area (Å²) in [7, 11) is 3.47. The van der Waals surface area contributed by atoms with Crippen LogP contribution in [0.15, 0.2) is 0 Å². The van der Waals surface area contributed by atoms with Crippen LogP contribution >= 0.6 is 0 Å². The van der Waals surface area contributed by atoms with Crippen molar-refractivity contribution in [3.63, 3.8) is 0 Å². The molecule has 0 aliphatic carbocycles. The predicted octanol–water partition coefficient (Wildman–Crippen LogP) is 1.35. The van der Waals surface area contributed by atoms with Crippen molar-refractivity contribution in [3.05, 3.63) is 0 Å². The van der Waals surface area contributed by atoms with E-state index in [0.29, 0.717) is 46.2 Å². The standard InChI is InChI=1S/C15H30N2O4/c1-15(14-16,17-2)6-4-5-7-19-10-11-21-13-12-20-9-8-18-3/h17H,4-13H2,1-3H3. The Bertz CT molecular complexity index is 271. The monoisotopic (exact) mass is 302 g/mol. The molecule has 6 nitrogen and oxygen atoms in total. The maximum atomic E-state index is 9.00. The van der Waals surface area contributed by atoms with Crippen molar-refractivity contribution >= 4 is 0 Å². The Kier molecular flexibility index (Phi) is 13.8. The van der Waals surface area contributed by atoms with Gasteiger partial charge in [0.05, 0.1) is 45.7 Å². The second kappa shape index (κ2) is 14.2. The minimum absolute atomic E-state index is 0.425. The third-order valence-corrected chi connectivity index (χ3v) is 3.19. The fourth-order valence-corrected chi connectivity index (χ4v) is 1.60. The zero-order valence-corrected chi connectivity index (χ0v) is 13.7. The normalized spacial score (nSPS) is 13.8. The second-order valence-electron chi connectivity index (χ2n) is 4.98. The highest BCUT2D eigenvalue weighted by Crippen LogP contribution is 2.11. The van der Waals surface area contributed by atoms with Crippen LogP contribution in [-0.2, 0) is 18.9 Å². The van der Waals surface area contributed by atoms with Crippen LogP contribution in [0, 0.1) is 11.3 Å². The van der Waals surface area contributed by atoms with Crippen LogP contribution in [0.2, 0.25) is 0 Å². The lowest BCUT2D eigenvalue weighted by Crippen LogP contribution is -2.37. The number of rotatable bonds is 15. The molecule has 0 spiro atoms. The lowest BCUT2D eigenvalue weighted by molar-refractivity contribution is 0.00317. The van der Waals surface area contributed by atoms with E-state index in [0.717, 1.165) is 19.3 Å². The summed E-state index contributed by atoms with van der Waals surface area (Å²) in [6.07, 6.45) is 2.76. The molecule has 0 heterocycles. The summed E-state index contributed by atoms with van der Waals surface area (Å²) in [5.74, 6) is 0. The summed E-state index contributed by atoms with van der Waals surface area (Å²) in [5, 5.41) is 12.0. The van der Waals surface area contributed by atoms with E-state index < -0.39 is 5.54 Å². The number of hydrogen-bond donors (Lipinski definition) is 1. The zero-order valence-electron chi connectivity index (χ0n) is 13.7. The van der Waals surface area contributed by atoms with Gasteiger partial charge >= 0.3 is 0 Å². The van der Waals surface area contributed by atoms with Crippen LogP contribution < -0.4 is 5.32 Å². The number of nitriles is 1. The first kappa shape index (κ1) is 20.3. The molecule has 0 bridgehead atoms. The first-order chi connectivity index (χ1) is 10.2. The molecular weight excluding hydrogens is 272 g/mol. The number of nitrogens with one attached hydrogen (secondary N) is 1. The minimum atomic E-state index is -0.425. The van der Waals surface area contributed by atoms with E-state index in [2.05, 4.69) is 11.4 Å². The van der Waals surface area contributed by atoms with Gasteiger partial charge in [-0.05, 0) is 33.2 Å². The van der Waals surface area contributed by atoms with E-state index in [4.69, 9.17) is 24.2 Å². The van der Waals surface area contributed by atoms with Crippen molar-refractivity contribution in [1.29, 1.82) is 5.26 Å². The molecule has 124 valence electrons. The molecule has 21 heavy (non-hydrogen) atoms. The SMILES string of the molecule is CNC(C)(C#N)CCCCOCCOCCOCCOC. The van der Waals surface area contributed by atoms with Crippen LogP contribution in [0.1, 0.15) is 26.2 Å². The number of nitrogens with zero attached hydrogens (tertiary/aromatic N) is 1. The molecule has 0 aromatic heterocycles. The fraction of sp³-hybridized carbons (Fsp3) is 0.933. The first-order valence-electron chi connectivity index (χ1n) is 7.51. The van der Waals surface area contributed by atoms with E-state index in [1.165, 1.54) is 0 Å². The molecule has 0 fully saturated rings. The van der Waals surface area contributed by atoms with Gasteiger partial charge in [0.2, 0.25) is 0 Å². The Morgan fingerprint density at radius 1 is 0.905 bits per heavy atom. The molecule has 0 aromatic carbocycles. The zero-order chi connectivity index (χ0) is 15.8. The summed E-state index contributed by atoms with van der Waals surface area (Å²) in [6.45, 7) is 6.18. The van der Waals surface area contributed by atoms with Crippen molar-refractivity contribution in [1.82, 2.24) is 5.32 Å². The largest absolute Gasteiger partial charge is 0.382 e. The first-order valence-corrected chi connectivity index (χ1v) is 7.51. The van der Waals surface area contributed by atoms with Crippen molar-refractivity contribution in [2.24, 2.45) is 0 Å². The fourth-order valence-electron chi connectivity index (χ4n) is 1.60. The predicted molar refractivity (Wildman–Crippen MR) is 81.3 cm³/mol. The van der Waals surface area contributed by atoms with Crippen LogP contribution in [0.3, 0.4) is 0 Å². The number of unbranched alkanes of at least 4 members (excludes halogenated alkanes) is 1. The smallest absolute Gasteiger partial charge is 0.103 e. The lowest BCUT2D eigenvalue weighted by Gasteiger charge is -2.20. The van der Waals surface area contributed by atoms with Crippen LogP contribution in [0.5, 0.6) is 0 Å². The minimum Gasteiger partial charge on any atom is -0.382 e. The molecule has 0 radical (unpaired) electrons. The highest BCUT2D eigenvalue weighted by atomic mass is 16.6. The average molecular weight is 302 g/mol. The Hall–Kier alpha value is -0.710. The molecule has 1 atom stereocenters. The van der Waals surface area contributed by atoms with Crippen LogP contribution in [0.25, 0.3) is 0 Å². The highest BCUT2D eigenvalue weighted by Gasteiger charge is 2.19. The molecule has 0 amide bonds. The molecule has 0 saturated carbocycles. The number of hydrogen-bond acceptors (Lipinski definition) is 6. The van der Waals surface area contributed by atoms with Gasteiger partial charge in [-0.15, -0.1) is 0 Å². The quantitative estimate of drug-likeness (QED) is 0.460. The molecular formula is C15H30N2O4. The van der Waals surface area contributed by atoms with E-state index >= 15 is 0 Å². The molecule has 0 aliphatic heterocycles. The van der Waals surface area contributed by atoms with Crippen molar-refractivity contribution < 1.29 is 18.9 Å². The van der Waals surface area contributed by atoms with Crippen LogP contribution in [0.4, 0.5) is 0 Å². The van der Waals surface area contributed by atoms with Gasteiger partial charge in [-0.3, -0.25) is 0 Å². The third kappa shape index (κ3) is 12.7. The van der Waals surface area contributed by atoms with Gasteiger partial charge in [0.25, 0.3) is 0 Å².